The number of hydrogen-bond donors (Lipinski definition) is 0. The van der Waals surface area contributed by atoms with Gasteiger partial charge in [-0.05, 0) is 89.0 Å². The molecule has 2 heterocycles. The van der Waals surface area contributed by atoms with E-state index in [-0.39, 0.29) is 5.54 Å². The molecule has 2 saturated heterocycles. The maximum absolute atomic E-state index is 6.54. The van der Waals surface area contributed by atoms with E-state index in [1.165, 1.54) is 83.5 Å². The number of hydrogen-bond acceptors (Lipinski definition) is 4. The molecule has 0 radical (unpaired) electrons. The lowest BCUT2D eigenvalue weighted by Gasteiger charge is -2.62. The van der Waals surface area contributed by atoms with Crippen LogP contribution in [0.3, 0.4) is 0 Å². The quantitative estimate of drug-likeness (QED) is 0.506. The summed E-state index contributed by atoms with van der Waals surface area (Å²) in [5.74, 6) is 5.17. The van der Waals surface area contributed by atoms with Gasteiger partial charge in [-0.25, -0.2) is 0 Å². The summed E-state index contributed by atoms with van der Waals surface area (Å²) in [5, 5.41) is 0.764. The lowest BCUT2D eigenvalue weighted by Crippen LogP contribution is -2.70. The molecule has 0 amide bonds. The number of nitrogens with zero attached hydrogens (tertiary/aromatic N) is 3. The molecule has 0 bridgehead atoms. The fraction of sp³-hybridized carbons (Fsp3) is 1.00. The highest BCUT2D eigenvalue weighted by atomic mass is 35.5. The van der Waals surface area contributed by atoms with Crippen LogP contribution >= 0.6 is 23.4 Å². The summed E-state index contributed by atoms with van der Waals surface area (Å²) >= 11 is 8.87. The lowest BCUT2D eigenvalue weighted by molar-refractivity contribution is -0.115. The number of alkyl halides is 1. The SMILES string of the molecule is CC1CCCC2CSC3CCC(CCl)C(C)[C@@]3(C)N(CCCN3CCN(C)CC3)C12C. The van der Waals surface area contributed by atoms with Gasteiger partial charge >= 0.3 is 0 Å². The molecule has 4 rings (SSSR count). The molecule has 7 atom stereocenters. The van der Waals surface area contributed by atoms with Crippen molar-refractivity contribution in [3.8, 4) is 0 Å². The minimum Gasteiger partial charge on any atom is -0.304 e. The molecule has 0 N–H and O–H groups in total. The monoisotopic (exact) mass is 469 g/mol. The van der Waals surface area contributed by atoms with E-state index in [1.54, 1.807) is 0 Å². The van der Waals surface area contributed by atoms with Crippen LogP contribution in [-0.4, -0.2) is 89.0 Å². The van der Waals surface area contributed by atoms with Gasteiger partial charge in [0, 0.05) is 54.9 Å². The van der Waals surface area contributed by atoms with Crippen molar-refractivity contribution >= 4 is 23.4 Å². The van der Waals surface area contributed by atoms with Gasteiger partial charge in [-0.1, -0.05) is 20.3 Å². The van der Waals surface area contributed by atoms with Crippen molar-refractivity contribution < 1.29 is 0 Å². The van der Waals surface area contributed by atoms with Gasteiger partial charge in [0.05, 0.1) is 0 Å². The highest BCUT2D eigenvalue weighted by Crippen LogP contribution is 2.57. The van der Waals surface area contributed by atoms with Crippen LogP contribution in [0.1, 0.15) is 66.2 Å². The van der Waals surface area contributed by atoms with Crippen LogP contribution in [0, 0.1) is 23.7 Å². The van der Waals surface area contributed by atoms with Crippen molar-refractivity contribution in [3.63, 3.8) is 0 Å². The van der Waals surface area contributed by atoms with Gasteiger partial charge in [-0.15, -0.1) is 11.6 Å². The minimum absolute atomic E-state index is 0.264. The molecular formula is C26H48ClN3S. The van der Waals surface area contributed by atoms with E-state index < -0.39 is 0 Å². The summed E-state index contributed by atoms with van der Waals surface area (Å²) in [6.45, 7) is 17.9. The van der Waals surface area contributed by atoms with Crippen LogP contribution < -0.4 is 0 Å². The Morgan fingerprint density at radius 2 is 1.68 bits per heavy atom. The first-order valence-corrected chi connectivity index (χ1v) is 14.8. The molecule has 2 aliphatic carbocycles. The summed E-state index contributed by atoms with van der Waals surface area (Å²) in [6.07, 6.45) is 8.25. The summed E-state index contributed by atoms with van der Waals surface area (Å²) in [5.41, 5.74) is 0.596. The second kappa shape index (κ2) is 10.0. The normalized spacial score (nSPS) is 45.7. The van der Waals surface area contributed by atoms with Crippen LogP contribution in [-0.2, 0) is 0 Å². The lowest BCUT2D eigenvalue weighted by atomic mass is 9.61. The van der Waals surface area contributed by atoms with Gasteiger partial charge in [0.15, 0.2) is 0 Å². The molecule has 0 spiro atoms. The molecular weight excluding hydrogens is 422 g/mol. The molecule has 4 aliphatic rings. The molecule has 3 nitrogen and oxygen atoms in total. The van der Waals surface area contributed by atoms with E-state index in [4.69, 9.17) is 11.6 Å². The Labute approximate surface area is 202 Å². The maximum atomic E-state index is 6.54. The van der Waals surface area contributed by atoms with Crippen LogP contribution in [0.25, 0.3) is 0 Å². The van der Waals surface area contributed by atoms with E-state index in [0.717, 1.165) is 23.0 Å². The molecule has 0 aromatic rings. The largest absolute Gasteiger partial charge is 0.304 e. The Kier molecular flexibility index (Phi) is 7.96. The van der Waals surface area contributed by atoms with E-state index in [1.807, 2.05) is 0 Å². The number of rotatable bonds is 5. The van der Waals surface area contributed by atoms with Gasteiger partial charge in [0.1, 0.15) is 0 Å². The molecule has 6 unspecified atom stereocenters. The van der Waals surface area contributed by atoms with Gasteiger partial charge in [0.2, 0.25) is 0 Å². The summed E-state index contributed by atoms with van der Waals surface area (Å²) in [6, 6.07) is 0. The number of piperazine rings is 1. The van der Waals surface area contributed by atoms with Crippen molar-refractivity contribution in [2.24, 2.45) is 23.7 Å². The smallest absolute Gasteiger partial charge is 0.0334 e. The number of likely N-dealkylation sites (N-methyl/N-ethyl adjacent to an activating group) is 1. The Balaban J connectivity index is 1.59. The van der Waals surface area contributed by atoms with E-state index in [2.05, 4.69) is 61.2 Å². The Morgan fingerprint density at radius 3 is 2.39 bits per heavy atom. The summed E-state index contributed by atoms with van der Waals surface area (Å²) in [4.78, 5) is 8.29. The van der Waals surface area contributed by atoms with Gasteiger partial charge < -0.3 is 9.80 Å². The molecule has 4 fully saturated rings. The van der Waals surface area contributed by atoms with Crippen LogP contribution in [0.15, 0.2) is 0 Å². The van der Waals surface area contributed by atoms with E-state index >= 15 is 0 Å². The summed E-state index contributed by atoms with van der Waals surface area (Å²) < 4.78 is 0. The topological polar surface area (TPSA) is 9.72 Å². The zero-order chi connectivity index (χ0) is 22.2. The third kappa shape index (κ3) is 4.47. The first-order chi connectivity index (χ1) is 14.8. The predicted molar refractivity (Wildman–Crippen MR) is 137 cm³/mol. The second-order valence-corrected chi connectivity index (χ2v) is 13.3. The van der Waals surface area contributed by atoms with Crippen molar-refractivity contribution in [1.82, 2.24) is 14.7 Å². The average molecular weight is 470 g/mol. The molecule has 5 heteroatoms. The first kappa shape index (κ1) is 24.6. The molecule has 2 saturated carbocycles. The molecule has 0 aromatic carbocycles. The van der Waals surface area contributed by atoms with Crippen molar-refractivity contribution in [3.05, 3.63) is 0 Å². The highest BCUT2D eigenvalue weighted by molar-refractivity contribution is 8.00. The van der Waals surface area contributed by atoms with Crippen molar-refractivity contribution in [2.45, 2.75) is 82.5 Å². The Hall–Kier alpha value is 0.520. The zero-order valence-corrected chi connectivity index (χ0v) is 22.5. The van der Waals surface area contributed by atoms with Crippen molar-refractivity contribution in [1.29, 1.82) is 0 Å². The number of fused-ring (bicyclic) bond motifs is 2. The Bertz CT molecular complexity index is 597. The van der Waals surface area contributed by atoms with E-state index in [0.29, 0.717) is 17.4 Å². The fourth-order valence-electron chi connectivity index (χ4n) is 7.71. The molecule has 2 aliphatic heterocycles. The van der Waals surface area contributed by atoms with Gasteiger partial charge in [-0.3, -0.25) is 4.90 Å². The fourth-order valence-corrected chi connectivity index (χ4v) is 10.1. The van der Waals surface area contributed by atoms with Gasteiger partial charge in [-0.2, -0.15) is 11.8 Å². The number of halogens is 1. The molecule has 0 aromatic heterocycles. The summed E-state index contributed by atoms with van der Waals surface area (Å²) in [7, 11) is 2.26. The Morgan fingerprint density at radius 1 is 0.935 bits per heavy atom. The van der Waals surface area contributed by atoms with Gasteiger partial charge in [0.25, 0.3) is 0 Å². The minimum atomic E-state index is 0.264. The highest BCUT2D eigenvalue weighted by Gasteiger charge is 2.59. The average Bonchev–Trinajstić information content (AvgIpc) is 2.85. The van der Waals surface area contributed by atoms with Crippen LogP contribution in [0.2, 0.25) is 0 Å². The third-order valence-corrected chi connectivity index (χ3v) is 12.5. The number of thioether (sulfide) groups is 1. The molecule has 180 valence electrons. The van der Waals surface area contributed by atoms with Crippen molar-refractivity contribution in [2.75, 3.05) is 57.9 Å². The van der Waals surface area contributed by atoms with Crippen LogP contribution in [0.5, 0.6) is 0 Å². The third-order valence-electron chi connectivity index (χ3n) is 10.4. The van der Waals surface area contributed by atoms with Crippen LogP contribution in [0.4, 0.5) is 0 Å². The van der Waals surface area contributed by atoms with E-state index in [9.17, 15) is 0 Å². The molecule has 31 heavy (non-hydrogen) atoms. The predicted octanol–water partition coefficient (Wildman–Crippen LogP) is 5.28. The first-order valence-electron chi connectivity index (χ1n) is 13.2. The maximum Gasteiger partial charge on any atom is 0.0334 e. The zero-order valence-electron chi connectivity index (χ0n) is 20.9. The standard InChI is InChI=1S/C26H48ClN3S/c1-20-8-6-9-23-19-31-24-11-10-22(18-27)21(2)26(24,4)30(25(20,23)3)13-7-12-29-16-14-28(5)15-17-29/h20-24H,6-19H2,1-5H3/t20?,21?,22?,23?,24?,25?,26-/m1/s1. The second-order valence-electron chi connectivity index (χ2n) is 11.7.